The third kappa shape index (κ3) is 3.65. The zero-order chi connectivity index (χ0) is 21.3. The first-order valence-corrected chi connectivity index (χ1v) is 10.5. The van der Waals surface area contributed by atoms with Gasteiger partial charge in [0.05, 0.1) is 24.3 Å². The van der Waals surface area contributed by atoms with Gasteiger partial charge in [-0.1, -0.05) is 6.07 Å². The molecule has 9 heteroatoms. The van der Waals surface area contributed by atoms with Crippen LogP contribution in [0.5, 0.6) is 0 Å². The van der Waals surface area contributed by atoms with E-state index in [2.05, 4.69) is 15.5 Å². The maximum absolute atomic E-state index is 15.4. The summed E-state index contributed by atoms with van der Waals surface area (Å²) < 4.78 is 33.9. The minimum Gasteiger partial charge on any atom is -0.442 e. The second-order valence-electron chi connectivity index (χ2n) is 8.29. The van der Waals surface area contributed by atoms with Crippen LogP contribution in [0, 0.1) is 11.7 Å². The molecule has 3 fully saturated rings. The first-order chi connectivity index (χ1) is 14.5. The highest BCUT2D eigenvalue weighted by atomic mass is 19.1. The number of hydrogen-bond acceptors (Lipinski definition) is 5. The van der Waals surface area contributed by atoms with Gasteiger partial charge in [-0.3, -0.25) is 14.6 Å². The lowest BCUT2D eigenvalue weighted by molar-refractivity contribution is -0.119. The number of fused-ring (bicyclic) bond motifs is 1. The molecular weight excluding hydrogens is 394 g/mol. The fourth-order valence-corrected chi connectivity index (χ4v) is 5.21. The number of cyclic esters (lactones) is 1. The molecule has 7 nitrogen and oxygen atoms in total. The maximum Gasteiger partial charge on any atom is 0.414 e. The second-order valence-corrected chi connectivity index (χ2v) is 8.29. The Labute approximate surface area is 174 Å². The number of nitrogens with zero attached hydrogens (tertiary/aromatic N) is 2. The van der Waals surface area contributed by atoms with E-state index in [9.17, 15) is 14.0 Å². The molecule has 30 heavy (non-hydrogen) atoms. The van der Waals surface area contributed by atoms with E-state index >= 15 is 4.39 Å². The zero-order valence-electron chi connectivity index (χ0n) is 17.1. The summed E-state index contributed by atoms with van der Waals surface area (Å²) in [5, 5.41) is 6.00. The van der Waals surface area contributed by atoms with Crippen molar-refractivity contribution in [1.29, 1.82) is 0 Å². The highest BCUT2D eigenvalue weighted by Crippen LogP contribution is 2.45. The van der Waals surface area contributed by atoms with E-state index in [0.717, 1.165) is 25.9 Å². The molecule has 0 bridgehead atoms. The number of alkyl halides is 1. The van der Waals surface area contributed by atoms with Crippen molar-refractivity contribution in [3.8, 4) is 0 Å². The molecule has 3 heterocycles. The number of benzene rings is 1. The normalized spacial score (nSPS) is 29.0. The van der Waals surface area contributed by atoms with Crippen LogP contribution in [-0.2, 0) is 15.1 Å². The topological polar surface area (TPSA) is 73.9 Å². The number of ether oxygens (including phenoxy) is 1. The van der Waals surface area contributed by atoms with Crippen LogP contribution in [0.25, 0.3) is 0 Å². The van der Waals surface area contributed by atoms with E-state index in [1.807, 2.05) is 0 Å². The molecule has 1 aromatic carbocycles. The SMILES string of the molecule is CC(=O)NC[C@H]1CN(c2ccc([C@@]34CNC[C@H]3CCCN4CCF)c(F)c2)C(=O)O1. The lowest BCUT2D eigenvalue weighted by Gasteiger charge is -2.48. The smallest absolute Gasteiger partial charge is 0.414 e. The summed E-state index contributed by atoms with van der Waals surface area (Å²) in [5.41, 5.74) is 0.405. The molecule has 0 aliphatic carbocycles. The van der Waals surface area contributed by atoms with Crippen LogP contribution >= 0.6 is 0 Å². The molecule has 0 unspecified atom stereocenters. The van der Waals surface area contributed by atoms with Gasteiger partial charge < -0.3 is 15.4 Å². The predicted molar refractivity (Wildman–Crippen MR) is 108 cm³/mol. The van der Waals surface area contributed by atoms with Gasteiger partial charge in [0.25, 0.3) is 0 Å². The summed E-state index contributed by atoms with van der Waals surface area (Å²) in [6.07, 6.45) is 0.904. The lowest BCUT2D eigenvalue weighted by atomic mass is 9.74. The molecule has 1 aromatic rings. The van der Waals surface area contributed by atoms with Crippen LogP contribution in [0.4, 0.5) is 19.3 Å². The minimum atomic E-state index is -0.563. The molecule has 3 aliphatic heterocycles. The number of anilines is 1. The molecule has 3 aliphatic rings. The highest BCUT2D eigenvalue weighted by molar-refractivity contribution is 5.89. The van der Waals surface area contributed by atoms with Crippen molar-refractivity contribution in [2.45, 2.75) is 31.4 Å². The molecule has 0 aromatic heterocycles. The first-order valence-electron chi connectivity index (χ1n) is 10.5. The summed E-state index contributed by atoms with van der Waals surface area (Å²) >= 11 is 0. The minimum absolute atomic E-state index is 0.204. The van der Waals surface area contributed by atoms with Crippen LogP contribution in [0.3, 0.4) is 0 Å². The fourth-order valence-electron chi connectivity index (χ4n) is 5.21. The third-order valence-corrected chi connectivity index (χ3v) is 6.54. The molecule has 2 amide bonds. The largest absolute Gasteiger partial charge is 0.442 e. The Morgan fingerprint density at radius 3 is 3.00 bits per heavy atom. The molecule has 0 saturated carbocycles. The predicted octanol–water partition coefficient (Wildman–Crippen LogP) is 1.77. The van der Waals surface area contributed by atoms with Crippen molar-refractivity contribution in [2.75, 3.05) is 50.8 Å². The van der Waals surface area contributed by atoms with E-state index in [-0.39, 0.29) is 31.5 Å². The van der Waals surface area contributed by atoms with E-state index in [4.69, 9.17) is 4.74 Å². The molecule has 4 rings (SSSR count). The average Bonchev–Trinajstić information content (AvgIpc) is 3.31. The number of halogens is 2. The van der Waals surface area contributed by atoms with Gasteiger partial charge in [-0.25, -0.2) is 13.6 Å². The monoisotopic (exact) mass is 422 g/mol. The second kappa shape index (κ2) is 8.47. The highest BCUT2D eigenvalue weighted by Gasteiger charge is 2.51. The van der Waals surface area contributed by atoms with Gasteiger partial charge in [-0.05, 0) is 37.4 Å². The quantitative estimate of drug-likeness (QED) is 0.731. The van der Waals surface area contributed by atoms with Crippen molar-refractivity contribution >= 4 is 17.7 Å². The summed E-state index contributed by atoms with van der Waals surface area (Å²) in [6, 6.07) is 4.83. The Morgan fingerprint density at radius 2 is 2.27 bits per heavy atom. The van der Waals surface area contributed by atoms with E-state index < -0.39 is 30.2 Å². The van der Waals surface area contributed by atoms with Gasteiger partial charge in [-0.15, -0.1) is 0 Å². The van der Waals surface area contributed by atoms with E-state index in [0.29, 0.717) is 17.8 Å². The van der Waals surface area contributed by atoms with Gasteiger partial charge in [0.1, 0.15) is 18.6 Å². The van der Waals surface area contributed by atoms with Gasteiger partial charge in [0.2, 0.25) is 5.91 Å². The number of carbonyl (C=O) groups excluding carboxylic acids is 2. The molecular formula is C21H28F2N4O3. The molecule has 164 valence electrons. The number of amides is 2. The molecule has 0 spiro atoms. The van der Waals surface area contributed by atoms with Crippen molar-refractivity contribution in [3.05, 3.63) is 29.6 Å². The first kappa shape index (κ1) is 21.0. The summed E-state index contributed by atoms with van der Waals surface area (Å²) in [5.74, 6) is -0.383. The van der Waals surface area contributed by atoms with Crippen molar-refractivity contribution in [3.63, 3.8) is 0 Å². The van der Waals surface area contributed by atoms with Crippen LogP contribution in [0.1, 0.15) is 25.3 Å². The Balaban J connectivity index is 1.59. The zero-order valence-corrected chi connectivity index (χ0v) is 17.1. The Kier molecular flexibility index (Phi) is 5.92. The number of piperidine rings is 1. The molecule has 0 radical (unpaired) electrons. The number of hydrogen-bond donors (Lipinski definition) is 2. The lowest BCUT2D eigenvalue weighted by Crippen LogP contribution is -2.56. The Hall–Kier alpha value is -2.26. The van der Waals surface area contributed by atoms with Crippen molar-refractivity contribution in [1.82, 2.24) is 15.5 Å². The summed E-state index contributed by atoms with van der Waals surface area (Å²) in [7, 11) is 0. The number of carbonyl (C=O) groups is 2. The standard InChI is InChI=1S/C21H28F2N4O3/c1-14(28)25-11-17-12-27(20(29)30-17)16-4-5-18(19(23)9-16)21-13-24-10-15(21)3-2-7-26(21)8-6-22/h4-5,9,15,17,24H,2-3,6-8,10-13H2,1H3,(H,25,28)/t15-,17+,21-/m1/s1. The fraction of sp³-hybridized carbons (Fsp3) is 0.619. The van der Waals surface area contributed by atoms with Gasteiger partial charge in [0.15, 0.2) is 0 Å². The van der Waals surface area contributed by atoms with Gasteiger partial charge in [-0.2, -0.15) is 0 Å². The number of likely N-dealkylation sites (tertiary alicyclic amines) is 1. The number of nitrogens with one attached hydrogen (secondary N) is 2. The molecule has 3 saturated heterocycles. The molecule has 2 N–H and O–H groups in total. The van der Waals surface area contributed by atoms with Crippen LogP contribution < -0.4 is 15.5 Å². The van der Waals surface area contributed by atoms with Crippen LogP contribution in [0.2, 0.25) is 0 Å². The van der Waals surface area contributed by atoms with Gasteiger partial charge >= 0.3 is 6.09 Å². The van der Waals surface area contributed by atoms with Crippen LogP contribution in [-0.4, -0.2) is 68.9 Å². The van der Waals surface area contributed by atoms with Crippen LogP contribution in [0.15, 0.2) is 18.2 Å². The van der Waals surface area contributed by atoms with E-state index in [1.54, 1.807) is 12.1 Å². The average molecular weight is 422 g/mol. The number of rotatable bonds is 6. The molecule has 3 atom stereocenters. The van der Waals surface area contributed by atoms with E-state index in [1.165, 1.54) is 17.9 Å². The summed E-state index contributed by atoms with van der Waals surface area (Å²) in [6.45, 7) is 3.77. The van der Waals surface area contributed by atoms with Crippen molar-refractivity contribution in [2.24, 2.45) is 5.92 Å². The van der Waals surface area contributed by atoms with Gasteiger partial charge in [0, 0.05) is 32.1 Å². The third-order valence-electron chi connectivity index (χ3n) is 6.54. The maximum atomic E-state index is 15.4. The summed E-state index contributed by atoms with van der Waals surface area (Å²) in [4.78, 5) is 26.8. The van der Waals surface area contributed by atoms with Crippen molar-refractivity contribution < 1.29 is 23.1 Å². The Bertz CT molecular complexity index is 821. The Morgan fingerprint density at radius 1 is 1.43 bits per heavy atom.